The molecule has 0 unspecified atom stereocenters. The van der Waals surface area contributed by atoms with Gasteiger partial charge < -0.3 is 9.47 Å². The zero-order valence-corrected chi connectivity index (χ0v) is 16.5. The Kier molecular flexibility index (Phi) is 4.52. The van der Waals surface area contributed by atoms with Crippen molar-refractivity contribution in [2.75, 3.05) is 6.79 Å². The summed E-state index contributed by atoms with van der Waals surface area (Å²) in [6.07, 6.45) is 1.57. The van der Waals surface area contributed by atoms with Crippen LogP contribution in [0.25, 0.3) is 11.0 Å². The summed E-state index contributed by atoms with van der Waals surface area (Å²) < 4.78 is 13.5. The van der Waals surface area contributed by atoms with Crippen molar-refractivity contribution < 1.29 is 9.47 Å². The first kappa shape index (κ1) is 18.4. The molecule has 4 aromatic rings. The molecular formula is C22H16ClN3O4. The summed E-state index contributed by atoms with van der Waals surface area (Å²) in [4.78, 5) is 30.7. The molecular weight excluding hydrogens is 406 g/mol. The third-order valence-electron chi connectivity index (χ3n) is 5.01. The molecule has 1 aliphatic rings. The normalized spacial score (nSPS) is 12.4. The van der Waals surface area contributed by atoms with Crippen LogP contribution < -0.4 is 20.7 Å². The highest BCUT2D eigenvalue weighted by molar-refractivity contribution is 6.30. The second kappa shape index (κ2) is 7.35. The van der Waals surface area contributed by atoms with Crippen molar-refractivity contribution in [2.24, 2.45) is 0 Å². The first-order valence-corrected chi connectivity index (χ1v) is 9.69. The molecule has 1 aliphatic heterocycles. The van der Waals surface area contributed by atoms with E-state index in [1.165, 1.54) is 9.13 Å². The highest BCUT2D eigenvalue weighted by Gasteiger charge is 2.17. The molecule has 0 spiro atoms. The van der Waals surface area contributed by atoms with Gasteiger partial charge in [0.05, 0.1) is 18.5 Å². The lowest BCUT2D eigenvalue weighted by Gasteiger charge is -2.14. The van der Waals surface area contributed by atoms with Crippen LogP contribution in [-0.4, -0.2) is 20.9 Å². The van der Waals surface area contributed by atoms with Crippen LogP contribution in [0, 0.1) is 0 Å². The molecule has 0 bridgehead atoms. The standard InChI is InChI=1S/C22H16ClN3O4/c23-16-6-3-14(4-7-16)11-25-20-17(2-1-9-24-20)21(27)26(22(25)28)12-15-5-8-18-19(10-15)30-13-29-18/h1-10H,11-13H2. The molecule has 2 aromatic heterocycles. The van der Waals surface area contributed by atoms with E-state index in [0.29, 0.717) is 27.6 Å². The molecule has 0 aliphatic carbocycles. The average Bonchev–Trinajstić information content (AvgIpc) is 3.23. The summed E-state index contributed by atoms with van der Waals surface area (Å²) in [5.74, 6) is 1.25. The summed E-state index contributed by atoms with van der Waals surface area (Å²) >= 11 is 5.97. The number of hydrogen-bond donors (Lipinski definition) is 0. The van der Waals surface area contributed by atoms with Gasteiger partial charge in [-0.05, 0) is 47.5 Å². The number of hydrogen-bond acceptors (Lipinski definition) is 5. The molecule has 3 heterocycles. The highest BCUT2D eigenvalue weighted by Crippen LogP contribution is 2.32. The van der Waals surface area contributed by atoms with E-state index in [9.17, 15) is 9.59 Å². The van der Waals surface area contributed by atoms with Gasteiger partial charge in [0.25, 0.3) is 5.56 Å². The van der Waals surface area contributed by atoms with E-state index in [4.69, 9.17) is 21.1 Å². The predicted molar refractivity (Wildman–Crippen MR) is 112 cm³/mol. The van der Waals surface area contributed by atoms with Crippen molar-refractivity contribution in [2.45, 2.75) is 13.1 Å². The molecule has 5 rings (SSSR count). The van der Waals surface area contributed by atoms with E-state index in [1.54, 1.807) is 42.6 Å². The van der Waals surface area contributed by atoms with Gasteiger partial charge in [-0.25, -0.2) is 9.78 Å². The minimum absolute atomic E-state index is 0.111. The van der Waals surface area contributed by atoms with Crippen LogP contribution in [-0.2, 0) is 13.1 Å². The summed E-state index contributed by atoms with van der Waals surface area (Å²) in [6, 6.07) is 16.0. The smallest absolute Gasteiger partial charge is 0.333 e. The summed E-state index contributed by atoms with van der Waals surface area (Å²) in [5.41, 5.74) is 1.18. The van der Waals surface area contributed by atoms with Gasteiger partial charge in [0, 0.05) is 11.2 Å². The molecule has 0 radical (unpaired) electrons. The topological polar surface area (TPSA) is 75.4 Å². The molecule has 0 saturated carbocycles. The van der Waals surface area contributed by atoms with Crippen LogP contribution in [0.2, 0.25) is 5.02 Å². The molecule has 0 fully saturated rings. The van der Waals surface area contributed by atoms with Gasteiger partial charge in [-0.15, -0.1) is 0 Å². The van der Waals surface area contributed by atoms with Gasteiger partial charge in [-0.2, -0.15) is 0 Å². The van der Waals surface area contributed by atoms with Gasteiger partial charge >= 0.3 is 5.69 Å². The van der Waals surface area contributed by atoms with E-state index in [0.717, 1.165) is 11.1 Å². The monoisotopic (exact) mass is 421 g/mol. The summed E-state index contributed by atoms with van der Waals surface area (Å²) in [6.45, 7) is 0.541. The molecule has 0 N–H and O–H groups in total. The van der Waals surface area contributed by atoms with Crippen molar-refractivity contribution in [3.05, 3.63) is 97.8 Å². The second-order valence-corrected chi connectivity index (χ2v) is 7.39. The van der Waals surface area contributed by atoms with E-state index < -0.39 is 5.69 Å². The lowest BCUT2D eigenvalue weighted by molar-refractivity contribution is 0.174. The van der Waals surface area contributed by atoms with Crippen molar-refractivity contribution >= 4 is 22.6 Å². The molecule has 30 heavy (non-hydrogen) atoms. The Morgan fingerprint density at radius 1 is 0.900 bits per heavy atom. The number of ether oxygens (including phenoxy) is 2. The van der Waals surface area contributed by atoms with Gasteiger partial charge in [-0.1, -0.05) is 29.8 Å². The minimum atomic E-state index is -0.432. The molecule has 2 aromatic carbocycles. The Bertz CT molecular complexity index is 1380. The number of aromatic nitrogens is 3. The maximum absolute atomic E-state index is 13.3. The molecule has 7 nitrogen and oxygen atoms in total. The Morgan fingerprint density at radius 2 is 1.63 bits per heavy atom. The highest BCUT2D eigenvalue weighted by atomic mass is 35.5. The maximum Gasteiger partial charge on any atom is 0.333 e. The van der Waals surface area contributed by atoms with Gasteiger partial charge in [-0.3, -0.25) is 13.9 Å². The van der Waals surface area contributed by atoms with Crippen molar-refractivity contribution in [3.63, 3.8) is 0 Å². The number of pyridine rings is 1. The first-order chi connectivity index (χ1) is 14.6. The molecule has 150 valence electrons. The van der Waals surface area contributed by atoms with Crippen LogP contribution in [0.1, 0.15) is 11.1 Å². The molecule has 8 heteroatoms. The van der Waals surface area contributed by atoms with Crippen molar-refractivity contribution in [1.29, 1.82) is 0 Å². The summed E-state index contributed by atoms with van der Waals surface area (Å²) in [7, 11) is 0. The quantitative estimate of drug-likeness (QED) is 0.506. The molecule has 0 saturated heterocycles. The Labute approximate surface area is 175 Å². The van der Waals surface area contributed by atoms with Crippen LogP contribution in [0.4, 0.5) is 0 Å². The van der Waals surface area contributed by atoms with Crippen LogP contribution in [0.5, 0.6) is 11.5 Å². The van der Waals surface area contributed by atoms with Gasteiger partial charge in [0.2, 0.25) is 6.79 Å². The van der Waals surface area contributed by atoms with Crippen LogP contribution in [0.3, 0.4) is 0 Å². The van der Waals surface area contributed by atoms with E-state index >= 15 is 0 Å². The number of benzene rings is 2. The molecule has 0 atom stereocenters. The van der Waals surface area contributed by atoms with Crippen molar-refractivity contribution in [1.82, 2.24) is 14.1 Å². The number of nitrogens with zero attached hydrogens (tertiary/aromatic N) is 3. The fourth-order valence-electron chi connectivity index (χ4n) is 3.52. The fourth-order valence-corrected chi connectivity index (χ4v) is 3.65. The third kappa shape index (κ3) is 3.23. The SMILES string of the molecule is O=c1c2cccnc2n(Cc2ccc(Cl)cc2)c(=O)n1Cc1ccc2c(c1)OCO2. The average molecular weight is 422 g/mol. The fraction of sp³-hybridized carbons (Fsp3) is 0.136. The lowest BCUT2D eigenvalue weighted by atomic mass is 10.2. The molecule has 0 amide bonds. The second-order valence-electron chi connectivity index (χ2n) is 6.95. The van der Waals surface area contributed by atoms with E-state index in [2.05, 4.69) is 4.98 Å². The zero-order chi connectivity index (χ0) is 20.7. The maximum atomic E-state index is 13.3. The van der Waals surface area contributed by atoms with Gasteiger partial charge in [0.1, 0.15) is 5.65 Å². The zero-order valence-electron chi connectivity index (χ0n) is 15.7. The Morgan fingerprint density at radius 3 is 2.47 bits per heavy atom. The van der Waals surface area contributed by atoms with E-state index in [1.807, 2.05) is 18.2 Å². The van der Waals surface area contributed by atoms with Gasteiger partial charge in [0.15, 0.2) is 11.5 Å². The lowest BCUT2D eigenvalue weighted by Crippen LogP contribution is -2.40. The van der Waals surface area contributed by atoms with Crippen LogP contribution >= 0.6 is 11.6 Å². The van der Waals surface area contributed by atoms with Crippen LogP contribution in [0.15, 0.2) is 70.4 Å². The first-order valence-electron chi connectivity index (χ1n) is 9.31. The predicted octanol–water partition coefficient (Wildman–Crippen LogP) is 3.04. The third-order valence-corrected chi connectivity index (χ3v) is 5.26. The Balaban J connectivity index is 1.64. The number of fused-ring (bicyclic) bond motifs is 2. The Hall–Kier alpha value is -3.58. The number of halogens is 1. The van der Waals surface area contributed by atoms with Crippen molar-refractivity contribution in [3.8, 4) is 11.5 Å². The number of rotatable bonds is 4. The van der Waals surface area contributed by atoms with E-state index in [-0.39, 0.29) is 25.4 Å². The largest absolute Gasteiger partial charge is 0.454 e. The summed E-state index contributed by atoms with van der Waals surface area (Å²) in [5, 5.41) is 0.994. The minimum Gasteiger partial charge on any atom is -0.454 e.